The summed E-state index contributed by atoms with van der Waals surface area (Å²) in [6.45, 7) is 5.51. The lowest BCUT2D eigenvalue weighted by molar-refractivity contribution is 0.0622. The lowest BCUT2D eigenvalue weighted by Crippen LogP contribution is -2.41. The van der Waals surface area contributed by atoms with Gasteiger partial charge in [0, 0.05) is 30.4 Å². The first-order chi connectivity index (χ1) is 9.71. The summed E-state index contributed by atoms with van der Waals surface area (Å²) in [4.78, 5) is 14.5. The summed E-state index contributed by atoms with van der Waals surface area (Å²) in [7, 11) is 0. The summed E-state index contributed by atoms with van der Waals surface area (Å²) in [5.74, 6) is 0.0178. The molecule has 2 N–H and O–H groups in total. The van der Waals surface area contributed by atoms with Gasteiger partial charge in [-0.05, 0) is 37.0 Å². The molecule has 0 saturated carbocycles. The van der Waals surface area contributed by atoms with E-state index in [9.17, 15) is 9.90 Å². The average molecular weight is 276 g/mol. The Morgan fingerprint density at radius 3 is 2.80 bits per heavy atom. The van der Waals surface area contributed by atoms with E-state index in [1.807, 2.05) is 18.2 Å². The Morgan fingerprint density at radius 1 is 1.40 bits per heavy atom. The Balaban J connectivity index is 2.22. The molecule has 0 saturated heterocycles. The van der Waals surface area contributed by atoms with Crippen LogP contribution in [0.25, 0.3) is 0 Å². The number of nitrogens with one attached hydrogen (secondary N) is 1. The number of benzene rings is 1. The molecule has 1 amide bonds. The molecule has 4 nitrogen and oxygen atoms in total. The van der Waals surface area contributed by atoms with Crippen LogP contribution in [0, 0.1) is 0 Å². The van der Waals surface area contributed by atoms with Crippen molar-refractivity contribution in [3.05, 3.63) is 29.3 Å². The molecule has 1 heterocycles. The van der Waals surface area contributed by atoms with Crippen LogP contribution in [0.3, 0.4) is 0 Å². The van der Waals surface area contributed by atoms with Crippen LogP contribution in [-0.4, -0.2) is 41.7 Å². The third-order valence-electron chi connectivity index (χ3n) is 4.05. The van der Waals surface area contributed by atoms with Gasteiger partial charge >= 0.3 is 0 Å². The SMILES string of the molecule is CCC(CC)N(CCO)C(=O)c1ccc2c(c1)NCC2. The van der Waals surface area contributed by atoms with E-state index >= 15 is 0 Å². The monoisotopic (exact) mass is 276 g/mol. The molecule has 0 fully saturated rings. The number of carbonyl (C=O) groups is 1. The molecule has 0 spiro atoms. The first-order valence-corrected chi connectivity index (χ1v) is 7.49. The second-order valence-corrected chi connectivity index (χ2v) is 5.24. The number of anilines is 1. The van der Waals surface area contributed by atoms with E-state index in [1.165, 1.54) is 5.56 Å². The molecule has 0 bridgehead atoms. The zero-order valence-corrected chi connectivity index (χ0v) is 12.4. The summed E-state index contributed by atoms with van der Waals surface area (Å²) >= 11 is 0. The fraction of sp³-hybridized carbons (Fsp3) is 0.562. The zero-order valence-electron chi connectivity index (χ0n) is 12.4. The van der Waals surface area contributed by atoms with Crippen LogP contribution < -0.4 is 5.32 Å². The predicted molar refractivity (Wildman–Crippen MR) is 81.1 cm³/mol. The molecule has 2 rings (SSSR count). The van der Waals surface area contributed by atoms with Gasteiger partial charge in [-0.15, -0.1) is 0 Å². The van der Waals surface area contributed by atoms with E-state index in [-0.39, 0.29) is 18.6 Å². The molecule has 0 radical (unpaired) electrons. The summed E-state index contributed by atoms with van der Waals surface area (Å²) in [6.07, 6.45) is 2.84. The molecule has 1 aromatic carbocycles. The van der Waals surface area contributed by atoms with Gasteiger partial charge in [-0.1, -0.05) is 19.9 Å². The van der Waals surface area contributed by atoms with Crippen LogP contribution in [-0.2, 0) is 6.42 Å². The summed E-state index contributed by atoms with van der Waals surface area (Å²) in [6, 6.07) is 6.07. The fourth-order valence-electron chi connectivity index (χ4n) is 2.88. The number of hydrogen-bond acceptors (Lipinski definition) is 3. The third-order valence-corrected chi connectivity index (χ3v) is 4.05. The Morgan fingerprint density at radius 2 is 2.15 bits per heavy atom. The van der Waals surface area contributed by atoms with Crippen LogP contribution in [0.4, 0.5) is 5.69 Å². The van der Waals surface area contributed by atoms with Crippen molar-refractivity contribution >= 4 is 11.6 Å². The second kappa shape index (κ2) is 6.75. The van der Waals surface area contributed by atoms with Gasteiger partial charge in [0.25, 0.3) is 5.91 Å². The molecule has 1 aromatic rings. The number of aliphatic hydroxyl groups is 1. The van der Waals surface area contributed by atoms with Crippen molar-refractivity contribution in [3.8, 4) is 0 Å². The molecule has 0 atom stereocenters. The number of carbonyl (C=O) groups excluding carboxylic acids is 1. The van der Waals surface area contributed by atoms with E-state index in [0.29, 0.717) is 12.1 Å². The van der Waals surface area contributed by atoms with Gasteiger partial charge in [-0.25, -0.2) is 0 Å². The van der Waals surface area contributed by atoms with Crippen molar-refractivity contribution < 1.29 is 9.90 Å². The van der Waals surface area contributed by atoms with Crippen molar-refractivity contribution in [2.75, 3.05) is 25.0 Å². The van der Waals surface area contributed by atoms with Gasteiger partial charge in [-0.3, -0.25) is 4.79 Å². The zero-order chi connectivity index (χ0) is 14.5. The molecule has 4 heteroatoms. The van der Waals surface area contributed by atoms with Crippen LogP contribution in [0.1, 0.15) is 42.6 Å². The number of hydrogen-bond donors (Lipinski definition) is 2. The molecule has 1 aliphatic rings. The summed E-state index contributed by atoms with van der Waals surface area (Å²) in [5, 5.41) is 12.5. The lowest BCUT2D eigenvalue weighted by Gasteiger charge is -2.30. The maximum absolute atomic E-state index is 12.7. The average Bonchev–Trinajstić information content (AvgIpc) is 2.94. The van der Waals surface area contributed by atoms with Crippen molar-refractivity contribution in [3.63, 3.8) is 0 Å². The normalized spacial score (nSPS) is 13.2. The highest BCUT2D eigenvalue weighted by molar-refractivity contribution is 5.95. The van der Waals surface area contributed by atoms with E-state index in [1.54, 1.807) is 4.90 Å². The molecule has 20 heavy (non-hydrogen) atoms. The van der Waals surface area contributed by atoms with Crippen molar-refractivity contribution in [2.24, 2.45) is 0 Å². The lowest BCUT2D eigenvalue weighted by atomic mass is 10.1. The molecular formula is C16H24N2O2. The second-order valence-electron chi connectivity index (χ2n) is 5.24. The van der Waals surface area contributed by atoms with Crippen molar-refractivity contribution in [2.45, 2.75) is 39.2 Å². The van der Waals surface area contributed by atoms with Crippen molar-refractivity contribution in [1.82, 2.24) is 4.90 Å². The number of aliphatic hydroxyl groups excluding tert-OH is 1. The third kappa shape index (κ3) is 2.96. The van der Waals surface area contributed by atoms with E-state index in [2.05, 4.69) is 19.2 Å². The molecule has 0 unspecified atom stereocenters. The molecule has 0 aromatic heterocycles. The van der Waals surface area contributed by atoms with Crippen molar-refractivity contribution in [1.29, 1.82) is 0 Å². The highest BCUT2D eigenvalue weighted by Crippen LogP contribution is 2.24. The minimum Gasteiger partial charge on any atom is -0.395 e. The Labute approximate surface area is 120 Å². The number of fused-ring (bicyclic) bond motifs is 1. The van der Waals surface area contributed by atoms with Crippen LogP contribution in [0.5, 0.6) is 0 Å². The summed E-state index contributed by atoms with van der Waals surface area (Å²) in [5.41, 5.74) is 3.06. The fourth-order valence-corrected chi connectivity index (χ4v) is 2.88. The van der Waals surface area contributed by atoms with Crippen LogP contribution in [0.2, 0.25) is 0 Å². The van der Waals surface area contributed by atoms with E-state index < -0.39 is 0 Å². The number of amides is 1. The topological polar surface area (TPSA) is 52.6 Å². The first kappa shape index (κ1) is 14.9. The van der Waals surface area contributed by atoms with Gasteiger partial charge in [0.15, 0.2) is 0 Å². The van der Waals surface area contributed by atoms with E-state index in [4.69, 9.17) is 0 Å². The maximum Gasteiger partial charge on any atom is 0.254 e. The highest BCUT2D eigenvalue weighted by atomic mass is 16.3. The Hall–Kier alpha value is -1.55. The molecule has 0 aliphatic carbocycles. The van der Waals surface area contributed by atoms with Gasteiger partial charge < -0.3 is 15.3 Å². The molecule has 1 aliphatic heterocycles. The molecule has 110 valence electrons. The number of nitrogens with zero attached hydrogens (tertiary/aromatic N) is 1. The van der Waals surface area contributed by atoms with Gasteiger partial charge in [-0.2, -0.15) is 0 Å². The van der Waals surface area contributed by atoms with Gasteiger partial charge in [0.1, 0.15) is 0 Å². The minimum absolute atomic E-state index is 0.00539. The summed E-state index contributed by atoms with van der Waals surface area (Å²) < 4.78 is 0. The predicted octanol–water partition coefficient (Wildman–Crippen LogP) is 2.28. The highest BCUT2D eigenvalue weighted by Gasteiger charge is 2.23. The van der Waals surface area contributed by atoms with Gasteiger partial charge in [0.2, 0.25) is 0 Å². The van der Waals surface area contributed by atoms with Crippen LogP contribution >= 0.6 is 0 Å². The van der Waals surface area contributed by atoms with Gasteiger partial charge in [0.05, 0.1) is 6.61 Å². The minimum atomic E-state index is 0.00539. The largest absolute Gasteiger partial charge is 0.395 e. The first-order valence-electron chi connectivity index (χ1n) is 7.49. The smallest absolute Gasteiger partial charge is 0.254 e. The maximum atomic E-state index is 12.7. The Bertz CT molecular complexity index is 470. The quantitative estimate of drug-likeness (QED) is 0.838. The Kier molecular flexibility index (Phi) is 5.01. The molecular weight excluding hydrogens is 252 g/mol. The number of rotatable bonds is 6. The van der Waals surface area contributed by atoms with E-state index in [0.717, 1.165) is 31.5 Å². The standard InChI is InChI=1S/C16H24N2O2/c1-3-14(4-2)18(9-10-19)16(20)13-6-5-12-7-8-17-15(12)11-13/h5-6,11,14,17,19H,3-4,7-10H2,1-2H3. The van der Waals surface area contributed by atoms with Crippen LogP contribution in [0.15, 0.2) is 18.2 Å².